The SMILES string of the molecule is COC(=O)CCN(CCCNC(C)=O)C(=O)CCc1ccccc1. The average Bonchev–Trinajstić information content (AvgIpc) is 2.59. The number of rotatable bonds is 10. The van der Waals surface area contributed by atoms with E-state index in [-0.39, 0.29) is 24.2 Å². The maximum absolute atomic E-state index is 12.4. The predicted octanol–water partition coefficient (Wildman–Crippen LogP) is 1.54. The molecule has 1 rings (SSSR count). The van der Waals surface area contributed by atoms with Crippen LogP contribution < -0.4 is 5.32 Å². The van der Waals surface area contributed by atoms with Crippen LogP contribution in [0.3, 0.4) is 0 Å². The largest absolute Gasteiger partial charge is 0.469 e. The second kappa shape index (κ2) is 11.2. The highest BCUT2D eigenvalue weighted by molar-refractivity contribution is 5.77. The summed E-state index contributed by atoms with van der Waals surface area (Å²) >= 11 is 0. The van der Waals surface area contributed by atoms with Crippen molar-refractivity contribution in [1.29, 1.82) is 0 Å². The second-order valence-electron chi connectivity index (χ2n) is 5.53. The number of ether oxygens (including phenoxy) is 1. The summed E-state index contributed by atoms with van der Waals surface area (Å²) in [6.45, 7) is 2.81. The molecule has 0 aliphatic rings. The van der Waals surface area contributed by atoms with Gasteiger partial charge in [-0.2, -0.15) is 0 Å². The molecular formula is C18H26N2O4. The Hall–Kier alpha value is -2.37. The number of nitrogens with zero attached hydrogens (tertiary/aromatic N) is 1. The maximum Gasteiger partial charge on any atom is 0.307 e. The van der Waals surface area contributed by atoms with Gasteiger partial charge in [-0.25, -0.2) is 0 Å². The highest BCUT2D eigenvalue weighted by atomic mass is 16.5. The van der Waals surface area contributed by atoms with E-state index in [1.807, 2.05) is 30.3 Å². The van der Waals surface area contributed by atoms with Crippen LogP contribution in [0.5, 0.6) is 0 Å². The standard InChI is InChI=1S/C18H26N2O4/c1-15(21)19-12-6-13-20(14-11-18(23)24-2)17(22)10-9-16-7-4-3-5-8-16/h3-5,7-8H,6,9-14H2,1-2H3,(H,19,21). The Morgan fingerprint density at radius 2 is 1.79 bits per heavy atom. The van der Waals surface area contributed by atoms with Crippen molar-refractivity contribution in [1.82, 2.24) is 10.2 Å². The molecule has 0 aliphatic heterocycles. The Morgan fingerprint density at radius 3 is 2.42 bits per heavy atom. The molecule has 1 aromatic carbocycles. The lowest BCUT2D eigenvalue weighted by molar-refractivity contribution is -0.141. The topological polar surface area (TPSA) is 75.7 Å². The molecule has 0 atom stereocenters. The number of hydrogen-bond acceptors (Lipinski definition) is 4. The van der Waals surface area contributed by atoms with Crippen molar-refractivity contribution < 1.29 is 19.1 Å². The number of hydrogen-bond donors (Lipinski definition) is 1. The molecule has 0 spiro atoms. The monoisotopic (exact) mass is 334 g/mol. The quantitative estimate of drug-likeness (QED) is 0.520. The normalized spacial score (nSPS) is 10.1. The van der Waals surface area contributed by atoms with E-state index in [1.54, 1.807) is 4.90 Å². The van der Waals surface area contributed by atoms with Crippen molar-refractivity contribution in [3.05, 3.63) is 35.9 Å². The van der Waals surface area contributed by atoms with Gasteiger partial charge in [0, 0.05) is 33.0 Å². The van der Waals surface area contributed by atoms with Crippen LogP contribution in [0, 0.1) is 0 Å². The zero-order valence-electron chi connectivity index (χ0n) is 14.4. The molecule has 1 N–H and O–H groups in total. The minimum absolute atomic E-state index is 0.00517. The minimum Gasteiger partial charge on any atom is -0.469 e. The van der Waals surface area contributed by atoms with Crippen LogP contribution in [-0.4, -0.2) is 49.4 Å². The highest BCUT2D eigenvalue weighted by Crippen LogP contribution is 2.06. The Balaban J connectivity index is 2.49. The van der Waals surface area contributed by atoms with Crippen molar-refractivity contribution in [2.75, 3.05) is 26.7 Å². The average molecular weight is 334 g/mol. The lowest BCUT2D eigenvalue weighted by atomic mass is 10.1. The van der Waals surface area contributed by atoms with Gasteiger partial charge >= 0.3 is 5.97 Å². The maximum atomic E-state index is 12.4. The van der Waals surface area contributed by atoms with E-state index >= 15 is 0 Å². The molecular weight excluding hydrogens is 308 g/mol. The van der Waals surface area contributed by atoms with Gasteiger partial charge < -0.3 is 15.0 Å². The molecule has 0 heterocycles. The Morgan fingerprint density at radius 1 is 1.08 bits per heavy atom. The number of amides is 2. The molecule has 0 fully saturated rings. The van der Waals surface area contributed by atoms with Gasteiger partial charge in [-0.15, -0.1) is 0 Å². The van der Waals surface area contributed by atoms with Crippen molar-refractivity contribution >= 4 is 17.8 Å². The number of benzene rings is 1. The van der Waals surface area contributed by atoms with E-state index < -0.39 is 0 Å². The number of esters is 1. The first-order valence-corrected chi connectivity index (χ1v) is 8.16. The van der Waals surface area contributed by atoms with E-state index in [4.69, 9.17) is 0 Å². The molecule has 24 heavy (non-hydrogen) atoms. The fraction of sp³-hybridized carbons (Fsp3) is 0.500. The summed E-state index contributed by atoms with van der Waals surface area (Å²) in [6, 6.07) is 9.81. The highest BCUT2D eigenvalue weighted by Gasteiger charge is 2.15. The first kappa shape index (κ1) is 19.7. The smallest absolute Gasteiger partial charge is 0.307 e. The minimum atomic E-state index is -0.335. The van der Waals surface area contributed by atoms with Gasteiger partial charge in [-0.05, 0) is 18.4 Å². The molecule has 0 radical (unpaired) electrons. The van der Waals surface area contributed by atoms with Gasteiger partial charge in [0.1, 0.15) is 0 Å². The molecule has 0 bridgehead atoms. The van der Waals surface area contributed by atoms with E-state index in [0.29, 0.717) is 38.9 Å². The fourth-order valence-corrected chi connectivity index (χ4v) is 2.28. The van der Waals surface area contributed by atoms with Crippen molar-refractivity contribution in [3.63, 3.8) is 0 Å². The first-order chi connectivity index (χ1) is 11.5. The van der Waals surface area contributed by atoms with E-state index in [9.17, 15) is 14.4 Å². The van der Waals surface area contributed by atoms with Crippen LogP contribution in [0.25, 0.3) is 0 Å². The van der Waals surface area contributed by atoms with Gasteiger partial charge in [0.15, 0.2) is 0 Å². The first-order valence-electron chi connectivity index (χ1n) is 8.16. The molecule has 0 saturated carbocycles. The molecule has 1 aromatic rings. The van der Waals surface area contributed by atoms with Crippen molar-refractivity contribution in [2.24, 2.45) is 0 Å². The lowest BCUT2D eigenvalue weighted by Gasteiger charge is -2.22. The van der Waals surface area contributed by atoms with Crippen LogP contribution in [0.15, 0.2) is 30.3 Å². The van der Waals surface area contributed by atoms with Crippen LogP contribution in [-0.2, 0) is 25.5 Å². The number of nitrogens with one attached hydrogen (secondary N) is 1. The lowest BCUT2D eigenvalue weighted by Crippen LogP contribution is -2.36. The number of carbonyl (C=O) groups excluding carboxylic acids is 3. The molecule has 132 valence electrons. The molecule has 2 amide bonds. The van der Waals surface area contributed by atoms with E-state index in [2.05, 4.69) is 10.1 Å². The summed E-state index contributed by atoms with van der Waals surface area (Å²) in [5.74, 6) is -0.421. The van der Waals surface area contributed by atoms with E-state index in [1.165, 1.54) is 14.0 Å². The van der Waals surface area contributed by atoms with Gasteiger partial charge in [-0.1, -0.05) is 30.3 Å². The van der Waals surface area contributed by atoms with Gasteiger partial charge in [0.05, 0.1) is 13.5 Å². The summed E-state index contributed by atoms with van der Waals surface area (Å²) in [5.41, 5.74) is 1.11. The van der Waals surface area contributed by atoms with Gasteiger partial charge in [0.2, 0.25) is 11.8 Å². The van der Waals surface area contributed by atoms with Crippen LogP contribution in [0.1, 0.15) is 31.7 Å². The summed E-state index contributed by atoms with van der Waals surface area (Å²) in [5, 5.41) is 2.71. The number of methoxy groups -OCH3 is 1. The Bertz CT molecular complexity index is 531. The number of aryl methyl sites for hydroxylation is 1. The Labute approximate surface area is 143 Å². The Kier molecular flexibility index (Phi) is 9.19. The molecule has 0 unspecified atom stereocenters. The van der Waals surface area contributed by atoms with Gasteiger partial charge in [-0.3, -0.25) is 14.4 Å². The van der Waals surface area contributed by atoms with Crippen LogP contribution >= 0.6 is 0 Å². The number of carbonyl (C=O) groups is 3. The molecule has 6 nitrogen and oxygen atoms in total. The van der Waals surface area contributed by atoms with Crippen molar-refractivity contribution in [2.45, 2.75) is 32.6 Å². The third kappa shape index (κ3) is 8.31. The third-order valence-electron chi connectivity index (χ3n) is 3.62. The summed E-state index contributed by atoms with van der Waals surface area (Å²) in [7, 11) is 1.33. The summed E-state index contributed by atoms with van der Waals surface area (Å²) in [6.07, 6.45) is 1.89. The van der Waals surface area contributed by atoms with Gasteiger partial charge in [0.25, 0.3) is 0 Å². The van der Waals surface area contributed by atoms with Crippen LogP contribution in [0.4, 0.5) is 0 Å². The summed E-state index contributed by atoms with van der Waals surface area (Å²) in [4.78, 5) is 36.3. The third-order valence-corrected chi connectivity index (χ3v) is 3.62. The van der Waals surface area contributed by atoms with Crippen molar-refractivity contribution in [3.8, 4) is 0 Å². The second-order valence-corrected chi connectivity index (χ2v) is 5.53. The molecule has 6 heteroatoms. The predicted molar refractivity (Wildman–Crippen MR) is 91.3 cm³/mol. The van der Waals surface area contributed by atoms with E-state index in [0.717, 1.165) is 5.56 Å². The summed E-state index contributed by atoms with van der Waals surface area (Å²) < 4.78 is 4.63. The van der Waals surface area contributed by atoms with Crippen LogP contribution in [0.2, 0.25) is 0 Å². The zero-order chi connectivity index (χ0) is 17.8. The molecule has 0 aliphatic carbocycles. The zero-order valence-corrected chi connectivity index (χ0v) is 14.4. The molecule has 0 saturated heterocycles. The fourth-order valence-electron chi connectivity index (χ4n) is 2.28. The molecule has 0 aromatic heterocycles.